The molecule has 0 bridgehead atoms. The lowest BCUT2D eigenvalue weighted by atomic mass is 9.99. The third-order valence-corrected chi connectivity index (χ3v) is 6.65. The van der Waals surface area contributed by atoms with Gasteiger partial charge >= 0.3 is 0 Å². The fourth-order valence-corrected chi connectivity index (χ4v) is 5.12. The first-order chi connectivity index (χ1) is 14.1. The SMILES string of the molecule is COc1ccc(-c2nn3c(nc2=O)-c2ccc(F)cc2N[C@@]32CCCSC2)cc1. The highest BCUT2D eigenvalue weighted by atomic mass is 32.2. The molecule has 3 aromatic rings. The predicted octanol–water partition coefficient (Wildman–Crippen LogP) is 3.73. The van der Waals surface area contributed by atoms with E-state index in [1.54, 1.807) is 37.4 Å². The summed E-state index contributed by atoms with van der Waals surface area (Å²) in [6, 6.07) is 11.7. The van der Waals surface area contributed by atoms with Gasteiger partial charge in [-0.25, -0.2) is 9.07 Å². The van der Waals surface area contributed by atoms with Crippen LogP contribution in [0.3, 0.4) is 0 Å². The van der Waals surface area contributed by atoms with E-state index >= 15 is 0 Å². The molecule has 0 radical (unpaired) electrons. The molecule has 29 heavy (non-hydrogen) atoms. The maximum Gasteiger partial charge on any atom is 0.300 e. The normalized spacial score (nSPS) is 19.9. The minimum Gasteiger partial charge on any atom is -0.497 e. The van der Waals surface area contributed by atoms with E-state index in [9.17, 15) is 9.18 Å². The molecular weight excluding hydrogens is 391 g/mol. The zero-order valence-electron chi connectivity index (χ0n) is 15.8. The summed E-state index contributed by atoms with van der Waals surface area (Å²) in [5.74, 6) is 2.68. The van der Waals surface area contributed by atoms with Crippen molar-refractivity contribution in [3.63, 3.8) is 0 Å². The Hall–Kier alpha value is -2.87. The highest BCUT2D eigenvalue weighted by molar-refractivity contribution is 7.99. The van der Waals surface area contributed by atoms with Gasteiger partial charge in [0.05, 0.1) is 7.11 Å². The van der Waals surface area contributed by atoms with Crippen LogP contribution in [0.15, 0.2) is 47.3 Å². The van der Waals surface area contributed by atoms with E-state index in [0.717, 1.165) is 24.3 Å². The number of anilines is 1. The largest absolute Gasteiger partial charge is 0.497 e. The van der Waals surface area contributed by atoms with Gasteiger partial charge in [0.1, 0.15) is 17.2 Å². The van der Waals surface area contributed by atoms with Crippen LogP contribution < -0.4 is 15.6 Å². The second-order valence-corrected chi connectivity index (χ2v) is 8.34. The number of rotatable bonds is 2. The Morgan fingerprint density at radius 2 is 2.07 bits per heavy atom. The van der Waals surface area contributed by atoms with Gasteiger partial charge in [-0.3, -0.25) is 4.79 Å². The van der Waals surface area contributed by atoms with Crippen molar-refractivity contribution in [2.75, 3.05) is 23.9 Å². The van der Waals surface area contributed by atoms with Gasteiger partial charge in [0.25, 0.3) is 5.56 Å². The first-order valence-electron chi connectivity index (χ1n) is 9.42. The van der Waals surface area contributed by atoms with Crippen molar-refractivity contribution in [1.29, 1.82) is 0 Å². The lowest BCUT2D eigenvalue weighted by Gasteiger charge is -2.43. The molecule has 5 rings (SSSR count). The summed E-state index contributed by atoms with van der Waals surface area (Å²) in [7, 11) is 1.60. The zero-order chi connectivity index (χ0) is 20.0. The molecule has 2 aliphatic rings. The second-order valence-electron chi connectivity index (χ2n) is 7.23. The molecule has 0 aliphatic carbocycles. The van der Waals surface area contributed by atoms with Gasteiger partial charge in [-0.15, -0.1) is 0 Å². The van der Waals surface area contributed by atoms with Crippen molar-refractivity contribution in [3.05, 3.63) is 58.6 Å². The number of aromatic nitrogens is 3. The van der Waals surface area contributed by atoms with Crippen LogP contribution in [0.1, 0.15) is 12.8 Å². The molecule has 2 aromatic carbocycles. The molecule has 0 amide bonds. The summed E-state index contributed by atoms with van der Waals surface area (Å²) < 4.78 is 20.9. The molecule has 1 saturated heterocycles. The molecule has 1 aromatic heterocycles. The number of hydrogen-bond acceptors (Lipinski definition) is 6. The second kappa shape index (κ2) is 6.88. The monoisotopic (exact) mass is 410 g/mol. The first-order valence-corrected chi connectivity index (χ1v) is 10.6. The van der Waals surface area contributed by atoms with E-state index in [-0.39, 0.29) is 5.82 Å². The number of halogens is 1. The molecule has 0 saturated carbocycles. The van der Waals surface area contributed by atoms with E-state index in [1.807, 2.05) is 16.4 Å². The van der Waals surface area contributed by atoms with E-state index < -0.39 is 11.2 Å². The molecule has 6 nitrogen and oxygen atoms in total. The highest BCUT2D eigenvalue weighted by Gasteiger charge is 2.41. The molecule has 148 valence electrons. The molecular formula is C21H19FN4O2S. The summed E-state index contributed by atoms with van der Waals surface area (Å²) >= 11 is 1.81. The number of methoxy groups -OCH3 is 1. The Bertz CT molecular complexity index is 1140. The van der Waals surface area contributed by atoms with Crippen molar-refractivity contribution in [3.8, 4) is 28.4 Å². The van der Waals surface area contributed by atoms with Gasteiger partial charge in [-0.1, -0.05) is 0 Å². The molecule has 1 fully saturated rings. The fraction of sp³-hybridized carbons (Fsp3) is 0.286. The Morgan fingerprint density at radius 3 is 2.79 bits per heavy atom. The van der Waals surface area contributed by atoms with Crippen molar-refractivity contribution in [2.24, 2.45) is 0 Å². The van der Waals surface area contributed by atoms with Crippen LogP contribution in [0.4, 0.5) is 10.1 Å². The minimum atomic E-state index is -0.541. The number of thioether (sulfide) groups is 1. The predicted molar refractivity (Wildman–Crippen MR) is 112 cm³/mol. The minimum absolute atomic E-state index is 0.290. The summed E-state index contributed by atoms with van der Waals surface area (Å²) in [5, 5.41) is 8.27. The van der Waals surface area contributed by atoms with Gasteiger partial charge in [-0.2, -0.15) is 21.8 Å². The Kier molecular flexibility index (Phi) is 4.31. The molecule has 1 N–H and O–H groups in total. The van der Waals surface area contributed by atoms with Crippen LogP contribution in [-0.2, 0) is 5.66 Å². The summed E-state index contributed by atoms with van der Waals surface area (Å²) in [6.45, 7) is 0. The van der Waals surface area contributed by atoms with E-state index in [0.29, 0.717) is 34.1 Å². The zero-order valence-corrected chi connectivity index (χ0v) is 16.6. The van der Waals surface area contributed by atoms with Gasteiger partial charge in [0.15, 0.2) is 11.5 Å². The highest BCUT2D eigenvalue weighted by Crippen LogP contribution is 2.43. The van der Waals surface area contributed by atoms with Crippen LogP contribution in [0, 0.1) is 5.82 Å². The maximum absolute atomic E-state index is 13.9. The fourth-order valence-electron chi connectivity index (χ4n) is 3.95. The van der Waals surface area contributed by atoms with Crippen LogP contribution >= 0.6 is 11.8 Å². The molecule has 1 atom stereocenters. The van der Waals surface area contributed by atoms with Crippen molar-refractivity contribution in [1.82, 2.24) is 14.8 Å². The number of nitrogens with zero attached hydrogens (tertiary/aromatic N) is 3. The molecule has 2 aliphatic heterocycles. The Morgan fingerprint density at radius 1 is 1.24 bits per heavy atom. The molecule has 3 heterocycles. The lowest BCUT2D eigenvalue weighted by molar-refractivity contribution is 0.298. The quantitative estimate of drug-likeness (QED) is 0.694. The molecule has 8 heteroatoms. The van der Waals surface area contributed by atoms with Crippen LogP contribution in [0.5, 0.6) is 5.75 Å². The van der Waals surface area contributed by atoms with Crippen molar-refractivity contribution >= 4 is 17.4 Å². The average Bonchev–Trinajstić information content (AvgIpc) is 2.74. The Labute approximate surface area is 171 Å². The first kappa shape index (κ1) is 18.2. The third-order valence-electron chi connectivity index (χ3n) is 5.39. The topological polar surface area (TPSA) is 69.0 Å². The van der Waals surface area contributed by atoms with Crippen LogP contribution in [0.25, 0.3) is 22.6 Å². The van der Waals surface area contributed by atoms with Crippen LogP contribution in [0.2, 0.25) is 0 Å². The summed E-state index contributed by atoms with van der Waals surface area (Å²) in [4.78, 5) is 17.3. The van der Waals surface area contributed by atoms with Gasteiger partial charge in [0.2, 0.25) is 0 Å². The van der Waals surface area contributed by atoms with E-state index in [1.165, 1.54) is 12.1 Å². The average molecular weight is 410 g/mol. The number of nitrogens with one attached hydrogen (secondary N) is 1. The number of ether oxygens (including phenoxy) is 1. The number of benzene rings is 2. The standard InChI is InChI=1S/C21H19FN4O2S/c1-28-15-6-3-13(4-7-15)18-20(27)23-19-16-8-5-14(22)11-17(16)24-21(26(19)25-18)9-2-10-29-12-21/h3-8,11,24H,2,9-10,12H2,1H3/t21-/m0/s1. The Balaban J connectivity index is 1.73. The van der Waals surface area contributed by atoms with E-state index in [2.05, 4.69) is 10.3 Å². The maximum atomic E-state index is 13.9. The lowest BCUT2D eigenvalue weighted by Crippen LogP contribution is -2.51. The summed E-state index contributed by atoms with van der Waals surface area (Å²) in [6.07, 6.45) is 1.82. The van der Waals surface area contributed by atoms with Gasteiger partial charge < -0.3 is 10.1 Å². The van der Waals surface area contributed by atoms with Crippen LogP contribution in [-0.4, -0.2) is 33.4 Å². The van der Waals surface area contributed by atoms with E-state index in [4.69, 9.17) is 9.84 Å². The van der Waals surface area contributed by atoms with Gasteiger partial charge in [-0.05, 0) is 61.1 Å². The smallest absolute Gasteiger partial charge is 0.300 e. The number of hydrogen-bond donors (Lipinski definition) is 1. The molecule has 1 spiro atoms. The number of fused-ring (bicyclic) bond motifs is 4. The summed E-state index contributed by atoms with van der Waals surface area (Å²) in [5.41, 5.74) is 1.36. The molecule has 0 unspecified atom stereocenters. The van der Waals surface area contributed by atoms with Crippen molar-refractivity contribution in [2.45, 2.75) is 18.5 Å². The van der Waals surface area contributed by atoms with Crippen molar-refractivity contribution < 1.29 is 9.13 Å². The third kappa shape index (κ3) is 2.98. The van der Waals surface area contributed by atoms with Gasteiger partial charge in [0, 0.05) is 22.6 Å².